The maximum atomic E-state index is 5.47. The molecule has 1 heteroatoms. The largest absolute Gasteiger partial charge is 0.369 e. The predicted molar refractivity (Wildman–Crippen MR) is 76.1 cm³/mol. The summed E-state index contributed by atoms with van der Waals surface area (Å²) >= 11 is 0. The molecule has 0 aliphatic rings. The van der Waals surface area contributed by atoms with Crippen LogP contribution in [0.4, 0.5) is 0 Å². The van der Waals surface area contributed by atoms with E-state index >= 15 is 0 Å². The quantitative estimate of drug-likeness (QED) is 0.365. The van der Waals surface area contributed by atoms with Crippen LogP contribution in [-0.4, -0.2) is 13.2 Å². The molecule has 0 radical (unpaired) electrons. The lowest BCUT2D eigenvalue weighted by Gasteiger charge is -2.00. The Morgan fingerprint density at radius 2 is 1.35 bits per heavy atom. The molecule has 0 saturated carbocycles. The normalized spacial score (nSPS) is 10.0. The summed E-state index contributed by atoms with van der Waals surface area (Å²) in [5, 5.41) is 0. The molecular weight excluding hydrogens is 208 g/mol. The number of ether oxygens (including phenoxy) is 1. The fourth-order valence-corrected chi connectivity index (χ4v) is 1.71. The van der Waals surface area contributed by atoms with E-state index in [0.29, 0.717) is 6.61 Å². The van der Waals surface area contributed by atoms with Gasteiger partial charge in [-0.25, -0.2) is 0 Å². The third kappa shape index (κ3) is 15.5. The van der Waals surface area contributed by atoms with E-state index in [0.717, 1.165) is 13.0 Å². The molecule has 100 valence electrons. The molecule has 17 heavy (non-hydrogen) atoms. The second-order valence-corrected chi connectivity index (χ2v) is 4.63. The van der Waals surface area contributed by atoms with Crippen LogP contribution in [-0.2, 0) is 4.74 Å². The van der Waals surface area contributed by atoms with Crippen LogP contribution in [0.15, 0.2) is 0 Å². The van der Waals surface area contributed by atoms with Crippen molar-refractivity contribution in [2.45, 2.75) is 78.1 Å². The Labute approximate surface area is 108 Å². The third-order valence-electron chi connectivity index (χ3n) is 2.85. The number of hydrogen-bond acceptors (Lipinski definition) is 1. The van der Waals surface area contributed by atoms with Crippen molar-refractivity contribution in [3.05, 3.63) is 0 Å². The van der Waals surface area contributed by atoms with Crippen molar-refractivity contribution in [3.8, 4) is 11.8 Å². The molecule has 0 saturated heterocycles. The highest BCUT2D eigenvalue weighted by atomic mass is 16.5. The van der Waals surface area contributed by atoms with Crippen LogP contribution in [0.2, 0.25) is 0 Å². The Hall–Kier alpha value is -0.480. The Bertz CT molecular complexity index is 187. The highest BCUT2D eigenvalue weighted by Gasteiger charge is 1.89. The molecule has 0 aromatic rings. The molecule has 0 fully saturated rings. The maximum absolute atomic E-state index is 5.47. The van der Waals surface area contributed by atoms with E-state index in [9.17, 15) is 0 Å². The minimum atomic E-state index is 0.626. The first-order chi connectivity index (χ1) is 8.41. The van der Waals surface area contributed by atoms with Crippen molar-refractivity contribution in [2.24, 2.45) is 0 Å². The van der Waals surface area contributed by atoms with Gasteiger partial charge < -0.3 is 4.74 Å². The van der Waals surface area contributed by atoms with Gasteiger partial charge in [0, 0.05) is 13.0 Å². The van der Waals surface area contributed by atoms with Gasteiger partial charge in [0.1, 0.15) is 6.61 Å². The molecule has 0 spiro atoms. The molecule has 0 bridgehead atoms. The summed E-state index contributed by atoms with van der Waals surface area (Å²) in [4.78, 5) is 0. The molecule has 0 atom stereocenters. The fraction of sp³-hybridized carbons (Fsp3) is 0.875. The van der Waals surface area contributed by atoms with E-state index in [-0.39, 0.29) is 0 Å². The molecule has 0 aromatic carbocycles. The van der Waals surface area contributed by atoms with E-state index in [2.05, 4.69) is 25.7 Å². The molecule has 0 unspecified atom stereocenters. The first-order valence-electron chi connectivity index (χ1n) is 7.45. The van der Waals surface area contributed by atoms with Crippen molar-refractivity contribution in [3.63, 3.8) is 0 Å². The number of hydrogen-bond donors (Lipinski definition) is 0. The van der Waals surface area contributed by atoms with Crippen LogP contribution in [0.3, 0.4) is 0 Å². The average molecular weight is 238 g/mol. The number of rotatable bonds is 11. The Kier molecular flexibility index (Phi) is 15.1. The van der Waals surface area contributed by atoms with Crippen LogP contribution >= 0.6 is 0 Å². The Balaban J connectivity index is 3.02. The van der Waals surface area contributed by atoms with Gasteiger partial charge in [0.2, 0.25) is 0 Å². The van der Waals surface area contributed by atoms with Crippen molar-refractivity contribution in [1.29, 1.82) is 0 Å². The van der Waals surface area contributed by atoms with Gasteiger partial charge >= 0.3 is 0 Å². The molecule has 0 heterocycles. The lowest BCUT2D eigenvalue weighted by Crippen LogP contribution is -1.94. The monoisotopic (exact) mass is 238 g/mol. The van der Waals surface area contributed by atoms with E-state index in [1.165, 1.54) is 57.8 Å². The van der Waals surface area contributed by atoms with Crippen LogP contribution in [0.1, 0.15) is 78.1 Å². The molecule has 0 aliphatic heterocycles. The third-order valence-corrected chi connectivity index (χ3v) is 2.85. The van der Waals surface area contributed by atoms with Crippen molar-refractivity contribution >= 4 is 0 Å². The zero-order valence-corrected chi connectivity index (χ0v) is 11.9. The first kappa shape index (κ1) is 16.5. The van der Waals surface area contributed by atoms with Gasteiger partial charge in [0.15, 0.2) is 0 Å². The SMILES string of the molecule is CCCCCC#CCOCCCCCCCC. The van der Waals surface area contributed by atoms with Gasteiger partial charge in [0.25, 0.3) is 0 Å². The standard InChI is InChI=1S/C16H30O/c1-3-5-7-9-11-13-15-17-16-14-12-10-8-6-4-2/h3-11,13,15-16H2,1-2H3. The lowest BCUT2D eigenvalue weighted by molar-refractivity contribution is 0.161. The van der Waals surface area contributed by atoms with Gasteiger partial charge in [-0.1, -0.05) is 64.7 Å². The van der Waals surface area contributed by atoms with Crippen LogP contribution in [0.25, 0.3) is 0 Å². The summed E-state index contributed by atoms with van der Waals surface area (Å²) in [5.74, 6) is 6.25. The minimum absolute atomic E-state index is 0.626. The van der Waals surface area contributed by atoms with Gasteiger partial charge in [-0.15, -0.1) is 5.92 Å². The van der Waals surface area contributed by atoms with E-state index < -0.39 is 0 Å². The van der Waals surface area contributed by atoms with Gasteiger partial charge in [-0.3, -0.25) is 0 Å². The summed E-state index contributed by atoms with van der Waals surface area (Å²) in [6.07, 6.45) is 12.8. The first-order valence-corrected chi connectivity index (χ1v) is 7.45. The molecule has 0 aromatic heterocycles. The zero-order chi connectivity index (χ0) is 12.6. The highest BCUT2D eigenvalue weighted by Crippen LogP contribution is 2.04. The summed E-state index contributed by atoms with van der Waals surface area (Å²) in [6, 6.07) is 0. The summed E-state index contributed by atoms with van der Waals surface area (Å²) in [7, 11) is 0. The van der Waals surface area contributed by atoms with Gasteiger partial charge in [-0.05, 0) is 12.8 Å². The van der Waals surface area contributed by atoms with Gasteiger partial charge in [0.05, 0.1) is 0 Å². The van der Waals surface area contributed by atoms with Crippen molar-refractivity contribution in [2.75, 3.05) is 13.2 Å². The van der Waals surface area contributed by atoms with Crippen molar-refractivity contribution < 1.29 is 4.74 Å². The molecular formula is C16H30O. The van der Waals surface area contributed by atoms with E-state index in [1.807, 2.05) is 0 Å². The van der Waals surface area contributed by atoms with Gasteiger partial charge in [-0.2, -0.15) is 0 Å². The van der Waals surface area contributed by atoms with E-state index in [4.69, 9.17) is 4.74 Å². The van der Waals surface area contributed by atoms with Crippen LogP contribution in [0.5, 0.6) is 0 Å². The molecule has 0 amide bonds. The summed E-state index contributed by atoms with van der Waals surface area (Å²) in [5.41, 5.74) is 0. The minimum Gasteiger partial charge on any atom is -0.369 e. The second kappa shape index (κ2) is 15.5. The second-order valence-electron chi connectivity index (χ2n) is 4.63. The molecule has 0 N–H and O–H groups in total. The fourth-order valence-electron chi connectivity index (χ4n) is 1.71. The Morgan fingerprint density at radius 1 is 0.706 bits per heavy atom. The zero-order valence-electron chi connectivity index (χ0n) is 11.9. The lowest BCUT2D eigenvalue weighted by atomic mass is 10.1. The average Bonchev–Trinajstić information content (AvgIpc) is 2.35. The number of unbranched alkanes of at least 4 members (excludes halogenated alkanes) is 8. The smallest absolute Gasteiger partial charge is 0.107 e. The van der Waals surface area contributed by atoms with Crippen molar-refractivity contribution in [1.82, 2.24) is 0 Å². The molecule has 1 nitrogen and oxygen atoms in total. The Morgan fingerprint density at radius 3 is 2.12 bits per heavy atom. The topological polar surface area (TPSA) is 9.23 Å². The molecule has 0 aliphatic carbocycles. The van der Waals surface area contributed by atoms with E-state index in [1.54, 1.807) is 0 Å². The summed E-state index contributed by atoms with van der Waals surface area (Å²) < 4.78 is 5.47. The van der Waals surface area contributed by atoms with Crippen LogP contribution in [0, 0.1) is 11.8 Å². The summed E-state index contributed by atoms with van der Waals surface area (Å²) in [6.45, 7) is 5.98. The predicted octanol–water partition coefficient (Wildman–Crippen LogP) is 4.95. The maximum Gasteiger partial charge on any atom is 0.107 e. The highest BCUT2D eigenvalue weighted by molar-refractivity contribution is 4.98. The molecule has 0 rings (SSSR count). The van der Waals surface area contributed by atoms with Crippen LogP contribution < -0.4 is 0 Å².